The molecule has 1 unspecified atom stereocenters. The van der Waals surface area contributed by atoms with E-state index in [1.807, 2.05) is 6.92 Å². The van der Waals surface area contributed by atoms with Gasteiger partial charge in [-0.05, 0) is 19.8 Å². The predicted octanol–water partition coefficient (Wildman–Crippen LogP) is 0.107. The minimum Gasteiger partial charge on any atom is -0.373 e. The molecule has 2 saturated heterocycles. The van der Waals surface area contributed by atoms with E-state index in [0.29, 0.717) is 6.54 Å². The average molecular weight is 198 g/mol. The number of carbonyl (C=O) groups is 2. The largest absolute Gasteiger partial charge is 0.373 e. The maximum absolute atomic E-state index is 11.3. The highest BCUT2D eigenvalue weighted by molar-refractivity contribution is 6.01. The fourth-order valence-electron chi connectivity index (χ4n) is 1.98. The minimum absolute atomic E-state index is 0.164. The Morgan fingerprint density at radius 1 is 1.57 bits per heavy atom. The van der Waals surface area contributed by atoms with Gasteiger partial charge in [-0.1, -0.05) is 0 Å². The van der Waals surface area contributed by atoms with Crippen LogP contribution in [0.15, 0.2) is 0 Å². The van der Waals surface area contributed by atoms with Crippen molar-refractivity contribution in [1.29, 1.82) is 0 Å². The fraction of sp³-hybridized carbons (Fsp3) is 0.778. The highest BCUT2D eigenvalue weighted by Gasteiger charge is 2.37. The maximum atomic E-state index is 11.3. The molecule has 5 heteroatoms. The molecule has 0 saturated carbocycles. The topological polar surface area (TPSA) is 58.6 Å². The average Bonchev–Trinajstić information content (AvgIpc) is 2.61. The third-order valence-corrected chi connectivity index (χ3v) is 2.69. The monoisotopic (exact) mass is 198 g/mol. The Labute approximate surface area is 82.4 Å². The first kappa shape index (κ1) is 9.45. The van der Waals surface area contributed by atoms with Gasteiger partial charge >= 0.3 is 6.03 Å². The molecule has 2 heterocycles. The second-order valence-corrected chi connectivity index (χ2v) is 4.11. The zero-order chi connectivity index (χ0) is 10.2. The second-order valence-electron chi connectivity index (χ2n) is 4.11. The van der Waals surface area contributed by atoms with Crippen molar-refractivity contribution >= 4 is 11.9 Å². The van der Waals surface area contributed by atoms with Gasteiger partial charge in [0.05, 0.1) is 12.1 Å². The van der Waals surface area contributed by atoms with Crippen molar-refractivity contribution in [3.63, 3.8) is 0 Å². The molecule has 5 nitrogen and oxygen atoms in total. The second kappa shape index (κ2) is 3.24. The molecule has 2 aliphatic heterocycles. The summed E-state index contributed by atoms with van der Waals surface area (Å²) in [5.74, 6) is -0.225. The molecule has 0 aromatic rings. The Morgan fingerprint density at radius 3 is 2.86 bits per heavy atom. The van der Waals surface area contributed by atoms with Crippen LogP contribution in [0.25, 0.3) is 0 Å². The van der Waals surface area contributed by atoms with E-state index < -0.39 is 0 Å². The van der Waals surface area contributed by atoms with Crippen molar-refractivity contribution in [1.82, 2.24) is 10.2 Å². The molecule has 2 rings (SSSR count). The fourth-order valence-corrected chi connectivity index (χ4v) is 1.98. The van der Waals surface area contributed by atoms with E-state index >= 15 is 0 Å². The summed E-state index contributed by atoms with van der Waals surface area (Å²) in [6, 6.07) is -0.299. The zero-order valence-corrected chi connectivity index (χ0v) is 8.21. The number of carbonyl (C=O) groups excluding carboxylic acids is 2. The summed E-state index contributed by atoms with van der Waals surface area (Å²) >= 11 is 0. The first-order valence-corrected chi connectivity index (χ1v) is 4.82. The van der Waals surface area contributed by atoms with Gasteiger partial charge in [0.15, 0.2) is 0 Å². The third-order valence-electron chi connectivity index (χ3n) is 2.69. The Balaban J connectivity index is 1.97. The lowest BCUT2D eigenvalue weighted by Gasteiger charge is -2.27. The molecule has 78 valence electrons. The van der Waals surface area contributed by atoms with E-state index in [9.17, 15) is 9.59 Å². The number of rotatable bonds is 2. The smallest absolute Gasteiger partial charge is 0.324 e. The van der Waals surface area contributed by atoms with Gasteiger partial charge in [-0.25, -0.2) is 4.79 Å². The van der Waals surface area contributed by atoms with E-state index in [1.54, 1.807) is 0 Å². The van der Waals surface area contributed by atoms with Crippen LogP contribution in [0.2, 0.25) is 0 Å². The highest BCUT2D eigenvalue weighted by Crippen LogP contribution is 2.26. The summed E-state index contributed by atoms with van der Waals surface area (Å²) in [6.45, 7) is 3.40. The molecule has 2 aliphatic rings. The molecular formula is C9H14N2O3. The SMILES string of the molecule is CC1(CN2CC(=O)NC2=O)CCCO1. The number of ether oxygens (including phenoxy) is 1. The van der Waals surface area contributed by atoms with Crippen LogP contribution in [0.4, 0.5) is 4.79 Å². The lowest BCUT2D eigenvalue weighted by molar-refractivity contribution is -0.118. The van der Waals surface area contributed by atoms with Crippen molar-refractivity contribution in [3.05, 3.63) is 0 Å². The summed E-state index contributed by atoms with van der Waals surface area (Å²) < 4.78 is 5.55. The lowest BCUT2D eigenvalue weighted by atomic mass is 10.0. The van der Waals surface area contributed by atoms with Crippen LogP contribution in [-0.4, -0.2) is 42.1 Å². The molecular weight excluding hydrogens is 184 g/mol. The number of nitrogens with zero attached hydrogens (tertiary/aromatic N) is 1. The summed E-state index contributed by atoms with van der Waals surface area (Å²) in [7, 11) is 0. The van der Waals surface area contributed by atoms with Crippen LogP contribution >= 0.6 is 0 Å². The molecule has 0 aromatic heterocycles. The Hall–Kier alpha value is -1.10. The number of imide groups is 1. The molecule has 14 heavy (non-hydrogen) atoms. The first-order valence-electron chi connectivity index (χ1n) is 4.82. The standard InChI is InChI=1S/C9H14N2O3/c1-9(3-2-4-14-9)6-11-5-7(12)10-8(11)13/h2-6H2,1H3,(H,10,12,13). The van der Waals surface area contributed by atoms with Gasteiger partial charge in [0.2, 0.25) is 5.91 Å². The van der Waals surface area contributed by atoms with E-state index in [0.717, 1.165) is 19.4 Å². The van der Waals surface area contributed by atoms with Gasteiger partial charge in [-0.2, -0.15) is 0 Å². The van der Waals surface area contributed by atoms with Gasteiger partial charge in [-0.3, -0.25) is 10.1 Å². The molecule has 1 atom stereocenters. The van der Waals surface area contributed by atoms with Crippen LogP contribution in [0.5, 0.6) is 0 Å². The summed E-state index contributed by atoms with van der Waals surface area (Å²) in [6.07, 6.45) is 1.98. The van der Waals surface area contributed by atoms with Gasteiger partial charge < -0.3 is 9.64 Å². The van der Waals surface area contributed by atoms with Crippen LogP contribution in [0.3, 0.4) is 0 Å². The van der Waals surface area contributed by atoms with Crippen molar-refractivity contribution in [2.75, 3.05) is 19.7 Å². The Morgan fingerprint density at radius 2 is 2.36 bits per heavy atom. The summed E-state index contributed by atoms with van der Waals surface area (Å²) in [5.41, 5.74) is -0.262. The number of nitrogens with one attached hydrogen (secondary N) is 1. The molecule has 3 amide bonds. The third kappa shape index (κ3) is 1.72. The molecule has 0 radical (unpaired) electrons. The summed E-state index contributed by atoms with van der Waals surface area (Å²) in [4.78, 5) is 23.7. The van der Waals surface area contributed by atoms with Crippen molar-refractivity contribution < 1.29 is 14.3 Å². The van der Waals surface area contributed by atoms with Gasteiger partial charge in [0.25, 0.3) is 0 Å². The van der Waals surface area contributed by atoms with Crippen molar-refractivity contribution in [2.24, 2.45) is 0 Å². The quantitative estimate of drug-likeness (QED) is 0.640. The number of hydrogen-bond donors (Lipinski definition) is 1. The van der Waals surface area contributed by atoms with E-state index in [-0.39, 0.29) is 24.1 Å². The van der Waals surface area contributed by atoms with Crippen LogP contribution in [0, 0.1) is 0 Å². The first-order chi connectivity index (χ1) is 6.59. The molecule has 0 aliphatic carbocycles. The minimum atomic E-state index is -0.299. The van der Waals surface area contributed by atoms with Gasteiger partial charge in [0, 0.05) is 6.61 Å². The normalized spacial score (nSPS) is 32.5. The predicted molar refractivity (Wildman–Crippen MR) is 48.7 cm³/mol. The van der Waals surface area contributed by atoms with E-state index in [2.05, 4.69) is 5.32 Å². The van der Waals surface area contributed by atoms with E-state index in [4.69, 9.17) is 4.74 Å². The van der Waals surface area contributed by atoms with Gasteiger partial charge in [0.1, 0.15) is 6.54 Å². The van der Waals surface area contributed by atoms with E-state index in [1.165, 1.54) is 4.90 Å². The maximum Gasteiger partial charge on any atom is 0.324 e. The number of hydrogen-bond acceptors (Lipinski definition) is 3. The molecule has 2 fully saturated rings. The zero-order valence-electron chi connectivity index (χ0n) is 8.21. The number of amides is 3. The molecule has 0 aromatic carbocycles. The van der Waals surface area contributed by atoms with Crippen molar-refractivity contribution in [2.45, 2.75) is 25.4 Å². The molecule has 1 N–H and O–H groups in total. The van der Waals surface area contributed by atoms with Gasteiger partial charge in [-0.15, -0.1) is 0 Å². The lowest BCUT2D eigenvalue weighted by Crippen LogP contribution is -2.42. The summed E-state index contributed by atoms with van der Waals surface area (Å²) in [5, 5.41) is 2.25. The van der Waals surface area contributed by atoms with Crippen LogP contribution < -0.4 is 5.32 Å². The Bertz CT molecular complexity index is 271. The van der Waals surface area contributed by atoms with Crippen LogP contribution in [-0.2, 0) is 9.53 Å². The van der Waals surface area contributed by atoms with Crippen molar-refractivity contribution in [3.8, 4) is 0 Å². The molecule has 0 spiro atoms. The Kier molecular flexibility index (Phi) is 2.19. The molecule has 0 bridgehead atoms. The highest BCUT2D eigenvalue weighted by atomic mass is 16.5. The number of urea groups is 1. The van der Waals surface area contributed by atoms with Crippen LogP contribution in [0.1, 0.15) is 19.8 Å².